The molecule has 1 aliphatic heterocycles. The van der Waals surface area contributed by atoms with Crippen molar-refractivity contribution in [1.29, 1.82) is 0 Å². The molecular formula is C13H22N2O5S. The van der Waals surface area contributed by atoms with Crippen molar-refractivity contribution in [2.75, 3.05) is 19.8 Å². The molecule has 8 heteroatoms. The molecule has 0 unspecified atom stereocenters. The fourth-order valence-electron chi connectivity index (χ4n) is 3.43. The van der Waals surface area contributed by atoms with E-state index in [-0.39, 0.29) is 18.5 Å². The molecule has 120 valence electrons. The minimum absolute atomic E-state index is 0.0553. The van der Waals surface area contributed by atoms with Crippen molar-refractivity contribution in [3.05, 3.63) is 0 Å². The van der Waals surface area contributed by atoms with Gasteiger partial charge in [0.15, 0.2) is 0 Å². The Labute approximate surface area is 125 Å². The summed E-state index contributed by atoms with van der Waals surface area (Å²) in [7, 11) is -2.13. The SMILES string of the molecule is CN(CC(=O)N1[C@H](C(=O)O)C[C@@H]2CCCC[C@@H]21)S(C)(=O)=O. The first kappa shape index (κ1) is 16.2. The number of hydrogen-bond acceptors (Lipinski definition) is 4. The van der Waals surface area contributed by atoms with E-state index >= 15 is 0 Å². The highest BCUT2D eigenvalue weighted by Gasteiger charge is 2.47. The van der Waals surface area contributed by atoms with Gasteiger partial charge in [-0.2, -0.15) is 4.31 Å². The number of carbonyl (C=O) groups excluding carboxylic acids is 1. The average Bonchev–Trinajstić information content (AvgIpc) is 2.76. The maximum Gasteiger partial charge on any atom is 0.326 e. The Hall–Kier alpha value is -1.15. The summed E-state index contributed by atoms with van der Waals surface area (Å²) in [5, 5.41) is 9.35. The van der Waals surface area contributed by atoms with E-state index in [1.165, 1.54) is 11.9 Å². The molecule has 1 heterocycles. The number of nitrogens with zero attached hydrogens (tertiary/aromatic N) is 2. The van der Waals surface area contributed by atoms with Gasteiger partial charge in [-0.15, -0.1) is 0 Å². The summed E-state index contributed by atoms with van der Waals surface area (Å²) < 4.78 is 23.8. The van der Waals surface area contributed by atoms with Gasteiger partial charge >= 0.3 is 5.97 Å². The first-order chi connectivity index (χ1) is 9.71. The molecule has 21 heavy (non-hydrogen) atoms. The third kappa shape index (κ3) is 3.37. The van der Waals surface area contributed by atoms with Crippen LogP contribution in [0.25, 0.3) is 0 Å². The molecule has 1 saturated carbocycles. The Kier molecular flexibility index (Phi) is 4.57. The summed E-state index contributed by atoms with van der Waals surface area (Å²) in [5.74, 6) is -1.18. The van der Waals surface area contributed by atoms with Crippen molar-refractivity contribution in [2.24, 2.45) is 5.92 Å². The van der Waals surface area contributed by atoms with E-state index in [0.29, 0.717) is 6.42 Å². The number of carbonyl (C=O) groups is 2. The van der Waals surface area contributed by atoms with Gasteiger partial charge in [0.05, 0.1) is 12.8 Å². The van der Waals surface area contributed by atoms with Crippen LogP contribution in [0.4, 0.5) is 0 Å². The van der Waals surface area contributed by atoms with E-state index in [1.807, 2.05) is 0 Å². The highest BCUT2D eigenvalue weighted by atomic mass is 32.2. The maximum atomic E-state index is 12.4. The Balaban J connectivity index is 2.17. The number of hydrogen-bond donors (Lipinski definition) is 1. The molecule has 1 saturated heterocycles. The average molecular weight is 318 g/mol. The van der Waals surface area contributed by atoms with Crippen LogP contribution in [0.2, 0.25) is 0 Å². The van der Waals surface area contributed by atoms with Gasteiger partial charge in [0.25, 0.3) is 0 Å². The van der Waals surface area contributed by atoms with Crippen LogP contribution in [0.3, 0.4) is 0 Å². The molecule has 3 atom stereocenters. The van der Waals surface area contributed by atoms with Gasteiger partial charge in [-0.05, 0) is 25.2 Å². The molecule has 2 aliphatic rings. The maximum absolute atomic E-state index is 12.4. The van der Waals surface area contributed by atoms with Crippen molar-refractivity contribution in [1.82, 2.24) is 9.21 Å². The number of aliphatic carboxylic acids is 1. The second-order valence-corrected chi connectivity index (χ2v) is 8.11. The Bertz CT molecular complexity index is 533. The van der Waals surface area contributed by atoms with Crippen LogP contribution in [0.15, 0.2) is 0 Å². The van der Waals surface area contributed by atoms with Gasteiger partial charge in [-0.1, -0.05) is 12.8 Å². The lowest BCUT2D eigenvalue weighted by Crippen LogP contribution is -2.50. The predicted octanol–water partition coefficient (Wildman–Crippen LogP) is 0.122. The minimum Gasteiger partial charge on any atom is -0.480 e. The number of fused-ring (bicyclic) bond motifs is 1. The monoisotopic (exact) mass is 318 g/mol. The largest absolute Gasteiger partial charge is 0.480 e. The third-order valence-electron chi connectivity index (χ3n) is 4.59. The zero-order chi connectivity index (χ0) is 15.8. The fraction of sp³-hybridized carbons (Fsp3) is 0.846. The van der Waals surface area contributed by atoms with Gasteiger partial charge < -0.3 is 10.0 Å². The van der Waals surface area contributed by atoms with E-state index in [1.54, 1.807) is 0 Å². The number of sulfonamides is 1. The van der Waals surface area contributed by atoms with Crippen molar-refractivity contribution in [3.8, 4) is 0 Å². The summed E-state index contributed by atoms with van der Waals surface area (Å²) in [6.45, 7) is -0.300. The van der Waals surface area contributed by atoms with Gasteiger partial charge in [0.1, 0.15) is 6.04 Å². The number of carboxylic acids is 1. The molecule has 1 N–H and O–H groups in total. The predicted molar refractivity (Wildman–Crippen MR) is 76.1 cm³/mol. The van der Waals surface area contributed by atoms with Crippen molar-refractivity contribution < 1.29 is 23.1 Å². The zero-order valence-corrected chi connectivity index (χ0v) is 13.2. The molecule has 2 rings (SSSR count). The van der Waals surface area contributed by atoms with Gasteiger partial charge in [0.2, 0.25) is 15.9 Å². The minimum atomic E-state index is -3.46. The van der Waals surface area contributed by atoms with Crippen LogP contribution in [0.5, 0.6) is 0 Å². The van der Waals surface area contributed by atoms with Crippen LogP contribution in [0, 0.1) is 5.92 Å². The molecule has 0 aromatic rings. The molecule has 0 bridgehead atoms. The Morgan fingerprint density at radius 2 is 1.90 bits per heavy atom. The van der Waals surface area contributed by atoms with Gasteiger partial charge in [-0.3, -0.25) is 4.79 Å². The van der Waals surface area contributed by atoms with Crippen LogP contribution in [-0.2, 0) is 19.6 Å². The van der Waals surface area contributed by atoms with Crippen LogP contribution in [0.1, 0.15) is 32.1 Å². The number of amides is 1. The van der Waals surface area contributed by atoms with Gasteiger partial charge in [-0.25, -0.2) is 13.2 Å². The first-order valence-corrected chi connectivity index (χ1v) is 9.02. The van der Waals surface area contributed by atoms with Crippen LogP contribution >= 0.6 is 0 Å². The molecule has 7 nitrogen and oxygen atoms in total. The Morgan fingerprint density at radius 1 is 1.29 bits per heavy atom. The normalized spacial score (nSPS) is 29.5. The second-order valence-electron chi connectivity index (χ2n) is 6.02. The second kappa shape index (κ2) is 5.92. The third-order valence-corrected chi connectivity index (χ3v) is 5.85. The summed E-state index contributed by atoms with van der Waals surface area (Å²) in [4.78, 5) is 25.3. The number of carboxylic acid groups (broad SMARTS) is 1. The van der Waals surface area contributed by atoms with E-state index in [9.17, 15) is 23.1 Å². The van der Waals surface area contributed by atoms with Crippen molar-refractivity contribution >= 4 is 21.9 Å². The van der Waals surface area contributed by atoms with Gasteiger partial charge in [0, 0.05) is 13.1 Å². The Morgan fingerprint density at radius 3 is 2.48 bits per heavy atom. The lowest BCUT2D eigenvalue weighted by molar-refractivity contribution is -0.149. The molecule has 2 fully saturated rings. The standard InChI is InChI=1S/C13H22N2O5S/c1-14(21(2,19)20)8-12(16)15-10-6-4-3-5-9(10)7-11(15)13(17)18/h9-11H,3-8H2,1-2H3,(H,17,18)/t9-,10-,11-/m0/s1. The summed E-state index contributed by atoms with van der Waals surface area (Å²) in [6, 6.07) is -0.876. The quantitative estimate of drug-likeness (QED) is 0.794. The summed E-state index contributed by atoms with van der Waals surface area (Å²) >= 11 is 0. The molecule has 1 amide bonds. The van der Waals surface area contributed by atoms with Crippen molar-refractivity contribution in [2.45, 2.75) is 44.2 Å². The lowest BCUT2D eigenvalue weighted by Gasteiger charge is -2.33. The van der Waals surface area contributed by atoms with Crippen LogP contribution in [-0.4, -0.2) is 66.5 Å². The van der Waals surface area contributed by atoms with Crippen LogP contribution < -0.4 is 0 Å². The molecule has 0 radical (unpaired) electrons. The zero-order valence-electron chi connectivity index (χ0n) is 12.4. The molecule has 0 aromatic carbocycles. The fourth-order valence-corrected chi connectivity index (χ4v) is 3.77. The topological polar surface area (TPSA) is 95.0 Å². The summed E-state index contributed by atoms with van der Waals surface area (Å²) in [6.07, 6.45) is 5.32. The molecule has 0 aromatic heterocycles. The number of rotatable bonds is 4. The first-order valence-electron chi connectivity index (χ1n) is 7.17. The van der Waals surface area contributed by atoms with Crippen molar-refractivity contribution in [3.63, 3.8) is 0 Å². The smallest absolute Gasteiger partial charge is 0.326 e. The van der Waals surface area contributed by atoms with E-state index in [0.717, 1.165) is 36.2 Å². The molecule has 0 spiro atoms. The number of likely N-dealkylation sites (tertiary alicyclic amines) is 1. The molecule has 1 aliphatic carbocycles. The van der Waals surface area contributed by atoms with E-state index in [4.69, 9.17) is 0 Å². The molecular weight excluding hydrogens is 296 g/mol. The highest BCUT2D eigenvalue weighted by Crippen LogP contribution is 2.39. The summed E-state index contributed by atoms with van der Waals surface area (Å²) in [5.41, 5.74) is 0. The van der Waals surface area contributed by atoms with E-state index in [2.05, 4.69) is 0 Å². The highest BCUT2D eigenvalue weighted by molar-refractivity contribution is 7.88. The lowest BCUT2D eigenvalue weighted by atomic mass is 9.85. The van der Waals surface area contributed by atoms with E-state index < -0.39 is 27.9 Å². The number of likely N-dealkylation sites (N-methyl/N-ethyl adjacent to an activating group) is 1.